The van der Waals surface area contributed by atoms with Crippen molar-refractivity contribution in [3.63, 3.8) is 0 Å². The summed E-state index contributed by atoms with van der Waals surface area (Å²) in [5.41, 5.74) is 4.26. The van der Waals surface area contributed by atoms with E-state index in [1.165, 1.54) is 10.8 Å². The number of anilines is 2. The van der Waals surface area contributed by atoms with Gasteiger partial charge in [-0.3, -0.25) is 4.98 Å². The molecular weight excluding hydrogens is 342 g/mol. The summed E-state index contributed by atoms with van der Waals surface area (Å²) >= 11 is 5.92. The van der Waals surface area contributed by atoms with Gasteiger partial charge in [-0.1, -0.05) is 48.0 Å². The van der Waals surface area contributed by atoms with Gasteiger partial charge in [-0.05, 0) is 42.6 Å². The molecule has 26 heavy (non-hydrogen) atoms. The number of aromatic nitrogens is 1. The lowest BCUT2D eigenvalue weighted by Crippen LogP contribution is -2.14. The summed E-state index contributed by atoms with van der Waals surface area (Å²) in [5.74, 6) is 0. The van der Waals surface area contributed by atoms with Crippen molar-refractivity contribution in [3.8, 4) is 0 Å². The van der Waals surface area contributed by atoms with E-state index in [1.807, 2.05) is 31.2 Å². The van der Waals surface area contributed by atoms with Crippen LogP contribution >= 0.6 is 11.6 Å². The lowest BCUT2D eigenvalue weighted by molar-refractivity contribution is 1.08. The van der Waals surface area contributed by atoms with Gasteiger partial charge in [0.05, 0.1) is 5.52 Å². The minimum Gasteiger partial charge on any atom is -0.383 e. The van der Waals surface area contributed by atoms with Crippen molar-refractivity contribution in [1.29, 1.82) is 0 Å². The van der Waals surface area contributed by atoms with Crippen LogP contribution in [0.5, 0.6) is 0 Å². The summed E-state index contributed by atoms with van der Waals surface area (Å²) in [4.78, 5) is 4.78. The molecule has 0 unspecified atom stereocenters. The topological polar surface area (TPSA) is 37.0 Å². The van der Waals surface area contributed by atoms with Crippen molar-refractivity contribution in [3.05, 3.63) is 77.4 Å². The molecule has 0 bridgehead atoms. The summed E-state index contributed by atoms with van der Waals surface area (Å²) in [6, 6.07) is 22.6. The number of hydrogen-bond donors (Lipinski definition) is 2. The first-order valence-corrected chi connectivity index (χ1v) is 9.11. The molecule has 0 amide bonds. The number of hydrogen-bond acceptors (Lipinski definition) is 3. The van der Waals surface area contributed by atoms with Crippen LogP contribution in [-0.2, 0) is 0 Å². The number of pyridine rings is 1. The Bertz CT molecular complexity index is 1060. The van der Waals surface area contributed by atoms with E-state index >= 15 is 0 Å². The molecule has 4 heteroatoms. The maximum Gasteiger partial charge on any atom is 0.0804 e. The molecule has 0 spiro atoms. The number of halogens is 1. The molecule has 2 N–H and O–H groups in total. The first-order valence-electron chi connectivity index (χ1n) is 8.73. The Labute approximate surface area is 158 Å². The van der Waals surface area contributed by atoms with E-state index in [4.69, 9.17) is 16.6 Å². The van der Waals surface area contributed by atoms with Gasteiger partial charge in [0.2, 0.25) is 0 Å². The Balaban J connectivity index is 1.54. The number of benzene rings is 3. The van der Waals surface area contributed by atoms with Crippen molar-refractivity contribution in [2.75, 3.05) is 23.7 Å². The Morgan fingerprint density at radius 2 is 1.62 bits per heavy atom. The fourth-order valence-corrected chi connectivity index (χ4v) is 3.33. The van der Waals surface area contributed by atoms with Crippen LogP contribution in [0.1, 0.15) is 5.69 Å². The Morgan fingerprint density at radius 3 is 2.46 bits per heavy atom. The fourth-order valence-electron chi connectivity index (χ4n) is 3.21. The van der Waals surface area contributed by atoms with Crippen molar-refractivity contribution in [2.24, 2.45) is 0 Å². The van der Waals surface area contributed by atoms with Crippen LogP contribution in [0.4, 0.5) is 11.4 Å². The Kier molecular flexibility index (Phi) is 4.63. The molecule has 0 aliphatic carbocycles. The van der Waals surface area contributed by atoms with Gasteiger partial charge in [-0.2, -0.15) is 0 Å². The smallest absolute Gasteiger partial charge is 0.0804 e. The SMILES string of the molecule is Cc1cc(NCCNc2ccc(Cl)cc2)c2ccc3ccccc3c2n1. The summed E-state index contributed by atoms with van der Waals surface area (Å²) in [7, 11) is 0. The van der Waals surface area contributed by atoms with Crippen molar-refractivity contribution < 1.29 is 0 Å². The lowest BCUT2D eigenvalue weighted by Gasteiger charge is -2.13. The van der Waals surface area contributed by atoms with Gasteiger partial charge < -0.3 is 10.6 Å². The molecule has 0 fully saturated rings. The molecule has 4 rings (SSSR count). The highest BCUT2D eigenvalue weighted by Crippen LogP contribution is 2.29. The molecule has 130 valence electrons. The van der Waals surface area contributed by atoms with E-state index < -0.39 is 0 Å². The average molecular weight is 362 g/mol. The first kappa shape index (κ1) is 16.7. The molecule has 3 aromatic carbocycles. The highest BCUT2D eigenvalue weighted by atomic mass is 35.5. The Morgan fingerprint density at radius 1 is 0.846 bits per heavy atom. The monoisotopic (exact) mass is 361 g/mol. The number of nitrogens with zero attached hydrogens (tertiary/aromatic N) is 1. The van der Waals surface area contributed by atoms with E-state index in [9.17, 15) is 0 Å². The van der Waals surface area contributed by atoms with Crippen LogP contribution in [0.15, 0.2) is 66.7 Å². The molecule has 0 aliphatic heterocycles. The molecule has 0 saturated heterocycles. The first-order chi connectivity index (χ1) is 12.7. The molecule has 1 aromatic heterocycles. The summed E-state index contributed by atoms with van der Waals surface area (Å²) in [6.45, 7) is 3.67. The van der Waals surface area contributed by atoms with Gasteiger partial charge in [-0.15, -0.1) is 0 Å². The minimum absolute atomic E-state index is 0.750. The van der Waals surface area contributed by atoms with Gasteiger partial charge in [0.15, 0.2) is 0 Å². The zero-order valence-corrected chi connectivity index (χ0v) is 15.3. The van der Waals surface area contributed by atoms with Crippen LogP contribution in [-0.4, -0.2) is 18.1 Å². The molecular formula is C22H20ClN3. The van der Waals surface area contributed by atoms with E-state index in [0.717, 1.165) is 46.1 Å². The highest BCUT2D eigenvalue weighted by molar-refractivity contribution is 6.30. The van der Waals surface area contributed by atoms with Crippen molar-refractivity contribution in [2.45, 2.75) is 6.92 Å². The predicted molar refractivity (Wildman–Crippen MR) is 112 cm³/mol. The second-order valence-electron chi connectivity index (χ2n) is 6.35. The standard InChI is InChI=1S/C22H20ClN3/c1-15-14-21(25-13-12-24-18-9-7-17(23)8-10-18)20-11-6-16-4-2-3-5-19(16)22(20)26-15/h2-11,14,24H,12-13H2,1H3,(H,25,26). The van der Waals surface area contributed by atoms with Crippen molar-refractivity contribution in [1.82, 2.24) is 4.98 Å². The van der Waals surface area contributed by atoms with Crippen molar-refractivity contribution >= 4 is 44.7 Å². The zero-order valence-electron chi connectivity index (χ0n) is 14.6. The van der Waals surface area contributed by atoms with Crippen LogP contribution < -0.4 is 10.6 Å². The largest absolute Gasteiger partial charge is 0.383 e. The van der Waals surface area contributed by atoms with Crippen LogP contribution in [0.25, 0.3) is 21.7 Å². The van der Waals surface area contributed by atoms with E-state index in [2.05, 4.69) is 53.1 Å². The third kappa shape index (κ3) is 3.44. The number of aryl methyl sites for hydroxylation is 1. The number of rotatable bonds is 5. The highest BCUT2D eigenvalue weighted by Gasteiger charge is 2.07. The maximum absolute atomic E-state index is 5.92. The molecule has 3 nitrogen and oxygen atoms in total. The van der Waals surface area contributed by atoms with Gasteiger partial charge in [0.1, 0.15) is 0 Å². The fraction of sp³-hybridized carbons (Fsp3) is 0.136. The molecule has 0 radical (unpaired) electrons. The van der Waals surface area contributed by atoms with Gasteiger partial charge in [-0.25, -0.2) is 0 Å². The van der Waals surface area contributed by atoms with Gasteiger partial charge >= 0.3 is 0 Å². The maximum atomic E-state index is 5.92. The minimum atomic E-state index is 0.750. The van der Waals surface area contributed by atoms with Crippen LogP contribution in [0.3, 0.4) is 0 Å². The third-order valence-electron chi connectivity index (χ3n) is 4.45. The van der Waals surface area contributed by atoms with E-state index in [0.29, 0.717) is 0 Å². The molecule has 1 heterocycles. The van der Waals surface area contributed by atoms with E-state index in [-0.39, 0.29) is 0 Å². The quantitative estimate of drug-likeness (QED) is 0.344. The second-order valence-corrected chi connectivity index (χ2v) is 6.79. The summed E-state index contributed by atoms with van der Waals surface area (Å²) in [5, 5.41) is 11.3. The van der Waals surface area contributed by atoms with Gasteiger partial charge in [0, 0.05) is 46.0 Å². The average Bonchev–Trinajstić information content (AvgIpc) is 2.66. The number of fused-ring (bicyclic) bond motifs is 3. The third-order valence-corrected chi connectivity index (χ3v) is 4.70. The lowest BCUT2D eigenvalue weighted by atomic mass is 10.0. The molecule has 0 aliphatic rings. The van der Waals surface area contributed by atoms with E-state index in [1.54, 1.807) is 0 Å². The Hall–Kier alpha value is -2.78. The molecule has 4 aromatic rings. The predicted octanol–water partition coefficient (Wildman–Crippen LogP) is 5.87. The molecule has 0 saturated carbocycles. The molecule has 0 atom stereocenters. The summed E-state index contributed by atoms with van der Waals surface area (Å²) in [6.07, 6.45) is 0. The normalized spacial score (nSPS) is 11.0. The van der Waals surface area contributed by atoms with Gasteiger partial charge in [0.25, 0.3) is 0 Å². The summed E-state index contributed by atoms with van der Waals surface area (Å²) < 4.78 is 0. The van der Waals surface area contributed by atoms with Crippen LogP contribution in [0.2, 0.25) is 5.02 Å². The van der Waals surface area contributed by atoms with Crippen LogP contribution in [0, 0.1) is 6.92 Å². The second kappa shape index (κ2) is 7.22. The number of nitrogens with one attached hydrogen (secondary N) is 2. The zero-order chi connectivity index (χ0) is 17.9.